The largest absolute Gasteiger partial charge is 0.507 e. The van der Waals surface area contributed by atoms with Crippen LogP contribution in [0.25, 0.3) is 5.76 Å². The summed E-state index contributed by atoms with van der Waals surface area (Å²) in [5.41, 5.74) is 2.83. The first-order chi connectivity index (χ1) is 17.4. The summed E-state index contributed by atoms with van der Waals surface area (Å²) in [6.45, 7) is 6.09. The average Bonchev–Trinajstić information content (AvgIpc) is 3.51. The molecule has 0 bridgehead atoms. The molecule has 1 unspecified atom stereocenters. The van der Waals surface area contributed by atoms with Crippen LogP contribution in [0.15, 0.2) is 70.9 Å². The van der Waals surface area contributed by atoms with Gasteiger partial charge in [-0.05, 0) is 85.8 Å². The van der Waals surface area contributed by atoms with Gasteiger partial charge in [-0.25, -0.2) is 0 Å². The van der Waals surface area contributed by atoms with Crippen molar-refractivity contribution >= 4 is 28.8 Å². The Balaban J connectivity index is 1.55. The number of benzene rings is 2. The van der Waals surface area contributed by atoms with E-state index in [4.69, 9.17) is 9.15 Å². The van der Waals surface area contributed by atoms with Gasteiger partial charge in [0.1, 0.15) is 23.3 Å². The van der Waals surface area contributed by atoms with Crippen molar-refractivity contribution < 1.29 is 23.8 Å². The van der Waals surface area contributed by atoms with Gasteiger partial charge in [-0.1, -0.05) is 6.92 Å². The zero-order chi connectivity index (χ0) is 25.4. The number of carbonyl (C=O) groups excluding carboxylic acids is 2. The van der Waals surface area contributed by atoms with Crippen molar-refractivity contribution in [3.05, 3.63) is 83.3 Å². The minimum atomic E-state index is -0.886. The Morgan fingerprint density at radius 2 is 1.72 bits per heavy atom. The van der Waals surface area contributed by atoms with E-state index >= 15 is 0 Å². The fourth-order valence-corrected chi connectivity index (χ4v) is 5.08. The van der Waals surface area contributed by atoms with Gasteiger partial charge in [-0.2, -0.15) is 0 Å². The summed E-state index contributed by atoms with van der Waals surface area (Å²) in [5, 5.41) is 11.3. The number of aryl methyl sites for hydroxylation is 1. The van der Waals surface area contributed by atoms with E-state index < -0.39 is 17.7 Å². The Hall–Kier alpha value is -4.00. The lowest BCUT2D eigenvalue weighted by atomic mass is 9.96. The van der Waals surface area contributed by atoms with E-state index in [9.17, 15) is 14.7 Å². The van der Waals surface area contributed by atoms with Crippen LogP contribution in [-0.4, -0.2) is 37.0 Å². The molecular weight excluding hydrogens is 456 g/mol. The highest BCUT2D eigenvalue weighted by molar-refractivity contribution is 6.51. The first-order valence-corrected chi connectivity index (χ1v) is 12.2. The zero-order valence-electron chi connectivity index (χ0n) is 20.7. The first kappa shape index (κ1) is 23.7. The molecule has 36 heavy (non-hydrogen) atoms. The number of nitrogens with zero attached hydrogens (tertiary/aromatic N) is 2. The SMILES string of the molecule is COc1ccc(/C(O)=C2/C(=O)C(=O)N(c3ccc(N4CCC(C)CC4)cc3)C2c2ccco2)c(C)c1. The number of Topliss-reactive ketones (excluding diaryl/α,β-unsaturated/α-hetero) is 1. The maximum absolute atomic E-state index is 13.3. The number of furan rings is 1. The number of anilines is 2. The van der Waals surface area contributed by atoms with Crippen LogP contribution >= 0.6 is 0 Å². The lowest BCUT2D eigenvalue weighted by Crippen LogP contribution is -2.33. The molecule has 2 aliphatic rings. The Kier molecular flexibility index (Phi) is 6.31. The molecule has 3 aromatic rings. The Labute approximate surface area is 210 Å². The van der Waals surface area contributed by atoms with Crippen LogP contribution in [0.1, 0.15) is 42.7 Å². The summed E-state index contributed by atoms with van der Waals surface area (Å²) < 4.78 is 10.9. The molecule has 7 heteroatoms. The second-order valence-electron chi connectivity index (χ2n) is 9.55. The molecule has 0 spiro atoms. The minimum absolute atomic E-state index is 0.00249. The van der Waals surface area contributed by atoms with E-state index in [0.717, 1.165) is 43.1 Å². The Morgan fingerprint density at radius 3 is 2.33 bits per heavy atom. The van der Waals surface area contributed by atoms with Gasteiger partial charge in [0.15, 0.2) is 0 Å². The van der Waals surface area contributed by atoms with Gasteiger partial charge in [-0.15, -0.1) is 0 Å². The highest BCUT2D eigenvalue weighted by Crippen LogP contribution is 2.43. The minimum Gasteiger partial charge on any atom is -0.507 e. The smallest absolute Gasteiger partial charge is 0.300 e. The molecule has 2 aliphatic heterocycles. The van der Waals surface area contributed by atoms with E-state index in [1.54, 1.807) is 37.4 Å². The van der Waals surface area contributed by atoms with Crippen molar-refractivity contribution in [2.45, 2.75) is 32.7 Å². The van der Waals surface area contributed by atoms with Gasteiger partial charge < -0.3 is 19.2 Å². The summed E-state index contributed by atoms with van der Waals surface area (Å²) in [7, 11) is 1.56. The lowest BCUT2D eigenvalue weighted by Gasteiger charge is -2.32. The average molecular weight is 487 g/mol. The third-order valence-corrected chi connectivity index (χ3v) is 7.22. The molecule has 1 N–H and O–H groups in total. The van der Waals surface area contributed by atoms with Crippen molar-refractivity contribution in [2.75, 3.05) is 30.0 Å². The first-order valence-electron chi connectivity index (χ1n) is 12.2. The molecule has 2 fully saturated rings. The molecule has 1 amide bonds. The van der Waals surface area contributed by atoms with Crippen molar-refractivity contribution in [1.82, 2.24) is 0 Å². The van der Waals surface area contributed by atoms with Crippen LogP contribution in [0.5, 0.6) is 5.75 Å². The number of piperidine rings is 1. The van der Waals surface area contributed by atoms with Gasteiger partial charge >= 0.3 is 0 Å². The molecule has 2 aromatic carbocycles. The molecule has 186 valence electrons. The van der Waals surface area contributed by atoms with E-state index in [1.165, 1.54) is 11.2 Å². The van der Waals surface area contributed by atoms with Crippen LogP contribution in [0.3, 0.4) is 0 Å². The highest BCUT2D eigenvalue weighted by atomic mass is 16.5. The second-order valence-corrected chi connectivity index (χ2v) is 9.55. The van der Waals surface area contributed by atoms with E-state index in [-0.39, 0.29) is 11.3 Å². The van der Waals surface area contributed by atoms with Crippen LogP contribution < -0.4 is 14.5 Å². The number of hydrogen-bond donors (Lipinski definition) is 1. The fraction of sp³-hybridized carbons (Fsp3) is 0.310. The number of ether oxygens (including phenoxy) is 1. The van der Waals surface area contributed by atoms with Crippen LogP contribution in [-0.2, 0) is 9.59 Å². The number of methoxy groups -OCH3 is 1. The number of ketones is 1. The molecule has 0 saturated carbocycles. The molecule has 7 nitrogen and oxygen atoms in total. The van der Waals surface area contributed by atoms with Gasteiger partial charge in [0.2, 0.25) is 0 Å². The molecule has 2 saturated heterocycles. The lowest BCUT2D eigenvalue weighted by molar-refractivity contribution is -0.132. The van der Waals surface area contributed by atoms with Crippen molar-refractivity contribution in [1.29, 1.82) is 0 Å². The topological polar surface area (TPSA) is 83.2 Å². The van der Waals surface area contributed by atoms with Gasteiger partial charge in [0, 0.05) is 30.0 Å². The highest BCUT2D eigenvalue weighted by Gasteiger charge is 2.48. The summed E-state index contributed by atoms with van der Waals surface area (Å²) in [5.74, 6) is 0.0692. The zero-order valence-corrected chi connectivity index (χ0v) is 20.7. The fourth-order valence-electron chi connectivity index (χ4n) is 5.08. The van der Waals surface area contributed by atoms with Crippen molar-refractivity contribution in [3.63, 3.8) is 0 Å². The number of amides is 1. The quantitative estimate of drug-likeness (QED) is 0.293. The van der Waals surface area contributed by atoms with Crippen LogP contribution in [0.2, 0.25) is 0 Å². The predicted octanol–water partition coefficient (Wildman–Crippen LogP) is 5.46. The second kappa shape index (κ2) is 9.57. The van der Waals surface area contributed by atoms with E-state index in [2.05, 4.69) is 11.8 Å². The van der Waals surface area contributed by atoms with E-state index in [0.29, 0.717) is 22.8 Å². The molecule has 1 aromatic heterocycles. The van der Waals surface area contributed by atoms with Gasteiger partial charge in [0.05, 0.1) is 18.9 Å². The Morgan fingerprint density at radius 1 is 1.03 bits per heavy atom. The number of aliphatic hydroxyl groups excluding tert-OH is 1. The molecule has 0 aliphatic carbocycles. The van der Waals surface area contributed by atoms with E-state index in [1.807, 2.05) is 31.2 Å². The molecular formula is C29H30N2O5. The molecule has 1 atom stereocenters. The number of carbonyl (C=O) groups is 2. The summed E-state index contributed by atoms with van der Waals surface area (Å²) in [4.78, 5) is 30.4. The third-order valence-electron chi connectivity index (χ3n) is 7.22. The molecule has 3 heterocycles. The standard InChI is InChI=1S/C29H30N2O5/c1-18-12-14-30(15-13-18)20-6-8-21(9-7-20)31-26(24-5-4-16-36-24)25(28(33)29(31)34)27(32)23-11-10-22(35-3)17-19(23)2/h4-11,16-18,26,32H,12-15H2,1-3H3/b27-25-. The Bertz CT molecular complexity index is 1300. The van der Waals surface area contributed by atoms with Crippen molar-refractivity contribution in [2.24, 2.45) is 5.92 Å². The number of hydrogen-bond acceptors (Lipinski definition) is 6. The van der Waals surface area contributed by atoms with Gasteiger partial charge in [-0.3, -0.25) is 14.5 Å². The third kappa shape index (κ3) is 4.15. The summed E-state index contributed by atoms with van der Waals surface area (Å²) in [6, 6.07) is 15.4. The molecule has 5 rings (SSSR count). The number of aliphatic hydroxyl groups is 1. The summed E-state index contributed by atoms with van der Waals surface area (Å²) in [6.07, 6.45) is 3.80. The predicted molar refractivity (Wildman–Crippen MR) is 138 cm³/mol. The normalized spacial score (nSPS) is 20.2. The monoisotopic (exact) mass is 486 g/mol. The van der Waals surface area contributed by atoms with Crippen LogP contribution in [0.4, 0.5) is 11.4 Å². The molecule has 0 radical (unpaired) electrons. The maximum atomic E-state index is 13.3. The maximum Gasteiger partial charge on any atom is 0.300 e. The van der Waals surface area contributed by atoms with Crippen LogP contribution in [0, 0.1) is 12.8 Å². The van der Waals surface area contributed by atoms with Crippen molar-refractivity contribution in [3.8, 4) is 5.75 Å². The van der Waals surface area contributed by atoms with Gasteiger partial charge in [0.25, 0.3) is 11.7 Å². The number of rotatable bonds is 5. The summed E-state index contributed by atoms with van der Waals surface area (Å²) >= 11 is 0.